The molecule has 1 aliphatic heterocycles. The number of carbonyl (C=O) groups excluding carboxylic acids is 1. The Morgan fingerprint density at radius 2 is 1.90 bits per heavy atom. The summed E-state index contributed by atoms with van der Waals surface area (Å²) < 4.78 is 34.8. The van der Waals surface area contributed by atoms with Crippen LogP contribution in [0.15, 0.2) is 36.4 Å². The molecule has 1 saturated heterocycles. The number of benzene rings is 2. The normalized spacial score (nSPS) is 17.5. The van der Waals surface area contributed by atoms with E-state index >= 15 is 0 Å². The van der Waals surface area contributed by atoms with Crippen LogP contribution in [0, 0.1) is 0 Å². The third-order valence-corrected chi connectivity index (χ3v) is 7.24. The van der Waals surface area contributed by atoms with E-state index in [0.717, 1.165) is 5.56 Å². The summed E-state index contributed by atoms with van der Waals surface area (Å²) >= 11 is 12.5. The highest BCUT2D eigenvalue weighted by atomic mass is 35.5. The summed E-state index contributed by atoms with van der Waals surface area (Å²) in [6.45, 7) is 2.43. The molecule has 0 aliphatic carbocycles. The van der Waals surface area contributed by atoms with Crippen molar-refractivity contribution >= 4 is 38.9 Å². The summed E-state index contributed by atoms with van der Waals surface area (Å²) in [6.07, 6.45) is 0.385. The number of hydrogen-bond acceptors (Lipinski definition) is 5. The van der Waals surface area contributed by atoms with Gasteiger partial charge in [-0.25, -0.2) is 8.42 Å². The van der Waals surface area contributed by atoms with Gasteiger partial charge in [0.2, 0.25) is 0 Å². The van der Waals surface area contributed by atoms with Crippen LogP contribution in [0.1, 0.15) is 29.3 Å². The molecule has 1 atom stereocenters. The molecule has 1 amide bonds. The fourth-order valence-corrected chi connectivity index (χ4v) is 5.81. The molecule has 1 aliphatic rings. The lowest BCUT2D eigenvalue weighted by atomic mass is 10.1. The van der Waals surface area contributed by atoms with E-state index in [9.17, 15) is 13.2 Å². The fourth-order valence-electron chi connectivity index (χ4n) is 3.49. The molecule has 0 bridgehead atoms. The number of hydrogen-bond donors (Lipinski definition) is 0. The second-order valence-electron chi connectivity index (χ2n) is 7.04. The lowest BCUT2D eigenvalue weighted by Gasteiger charge is -2.29. The average molecular weight is 472 g/mol. The van der Waals surface area contributed by atoms with Crippen molar-refractivity contribution < 1.29 is 22.7 Å². The molecular formula is C21H23Cl2NO5S. The molecule has 0 saturated carbocycles. The fraction of sp³-hybridized carbons (Fsp3) is 0.381. The Balaban J connectivity index is 1.96. The van der Waals surface area contributed by atoms with Crippen molar-refractivity contribution in [2.45, 2.75) is 25.9 Å². The van der Waals surface area contributed by atoms with Crippen molar-refractivity contribution in [2.75, 3.05) is 25.2 Å². The van der Waals surface area contributed by atoms with Crippen LogP contribution in [0.3, 0.4) is 0 Å². The van der Waals surface area contributed by atoms with E-state index in [1.54, 1.807) is 12.0 Å². The lowest BCUT2D eigenvalue weighted by molar-refractivity contribution is 0.0680. The molecule has 162 valence electrons. The average Bonchev–Trinajstić information content (AvgIpc) is 3.07. The van der Waals surface area contributed by atoms with Gasteiger partial charge in [0.25, 0.3) is 5.91 Å². The molecule has 3 rings (SSSR count). The van der Waals surface area contributed by atoms with Crippen molar-refractivity contribution in [1.82, 2.24) is 4.90 Å². The van der Waals surface area contributed by atoms with Gasteiger partial charge in [0.05, 0.1) is 35.3 Å². The van der Waals surface area contributed by atoms with E-state index in [-0.39, 0.29) is 39.6 Å². The quantitative estimate of drug-likeness (QED) is 0.603. The van der Waals surface area contributed by atoms with E-state index in [4.69, 9.17) is 32.7 Å². The first-order valence-electron chi connectivity index (χ1n) is 9.50. The summed E-state index contributed by atoms with van der Waals surface area (Å²) in [4.78, 5) is 15.0. The maximum absolute atomic E-state index is 13.4. The van der Waals surface area contributed by atoms with Gasteiger partial charge in [0, 0.05) is 18.2 Å². The van der Waals surface area contributed by atoms with E-state index in [0.29, 0.717) is 24.5 Å². The summed E-state index contributed by atoms with van der Waals surface area (Å²) in [5.74, 6) is 0.629. The molecule has 6 nitrogen and oxygen atoms in total. The minimum atomic E-state index is -3.18. The highest BCUT2D eigenvalue weighted by Crippen LogP contribution is 2.35. The van der Waals surface area contributed by atoms with Gasteiger partial charge in [-0.1, -0.05) is 35.3 Å². The van der Waals surface area contributed by atoms with Gasteiger partial charge in [0.15, 0.2) is 15.6 Å². The number of methoxy groups -OCH3 is 1. The van der Waals surface area contributed by atoms with Gasteiger partial charge in [-0.3, -0.25) is 4.79 Å². The molecule has 1 unspecified atom stereocenters. The number of halogens is 2. The SMILES string of the molecule is CCOc1c(Cl)cc(C(=O)N(Cc2cccc(OC)c2)C2CCS(=O)(=O)C2)cc1Cl. The standard InChI is InChI=1S/C21H23Cl2NO5S/c1-3-29-20-18(22)10-15(11-19(20)23)21(25)24(16-7-8-30(26,27)13-16)12-14-5-4-6-17(9-14)28-2/h4-6,9-11,16H,3,7-8,12-13H2,1-2H3. The largest absolute Gasteiger partial charge is 0.497 e. The van der Waals surface area contributed by atoms with Crippen LogP contribution in [0.4, 0.5) is 0 Å². The van der Waals surface area contributed by atoms with Crippen LogP contribution in [-0.2, 0) is 16.4 Å². The van der Waals surface area contributed by atoms with Gasteiger partial charge >= 0.3 is 0 Å². The monoisotopic (exact) mass is 471 g/mol. The molecule has 9 heteroatoms. The molecule has 1 heterocycles. The Hall–Kier alpha value is -1.96. The Bertz CT molecular complexity index is 1020. The Morgan fingerprint density at radius 3 is 2.47 bits per heavy atom. The van der Waals surface area contributed by atoms with Crippen LogP contribution in [0.2, 0.25) is 10.0 Å². The molecule has 0 aromatic heterocycles. The highest BCUT2D eigenvalue weighted by molar-refractivity contribution is 7.91. The molecular weight excluding hydrogens is 449 g/mol. The van der Waals surface area contributed by atoms with Crippen LogP contribution in [-0.4, -0.2) is 50.5 Å². The van der Waals surface area contributed by atoms with E-state index in [1.165, 1.54) is 12.1 Å². The zero-order chi connectivity index (χ0) is 21.9. The smallest absolute Gasteiger partial charge is 0.254 e. The first kappa shape index (κ1) is 22.7. The molecule has 1 fully saturated rings. The second kappa shape index (κ2) is 9.45. The van der Waals surface area contributed by atoms with Gasteiger partial charge in [-0.15, -0.1) is 0 Å². The third kappa shape index (κ3) is 5.20. The maximum Gasteiger partial charge on any atom is 0.254 e. The van der Waals surface area contributed by atoms with Crippen LogP contribution < -0.4 is 9.47 Å². The zero-order valence-electron chi connectivity index (χ0n) is 16.7. The van der Waals surface area contributed by atoms with Crippen molar-refractivity contribution in [3.8, 4) is 11.5 Å². The topological polar surface area (TPSA) is 72.9 Å². The molecule has 30 heavy (non-hydrogen) atoms. The Morgan fingerprint density at radius 1 is 1.20 bits per heavy atom. The van der Waals surface area contributed by atoms with Crippen molar-refractivity contribution in [1.29, 1.82) is 0 Å². The van der Waals surface area contributed by atoms with Gasteiger partial charge in [0.1, 0.15) is 5.75 Å². The summed E-state index contributed by atoms with van der Waals surface area (Å²) in [5.41, 5.74) is 1.11. The van der Waals surface area contributed by atoms with Crippen molar-refractivity contribution in [2.24, 2.45) is 0 Å². The maximum atomic E-state index is 13.4. The first-order chi connectivity index (χ1) is 14.2. The Labute approximate surface area is 186 Å². The van der Waals surface area contributed by atoms with Crippen LogP contribution >= 0.6 is 23.2 Å². The van der Waals surface area contributed by atoms with Gasteiger partial charge in [-0.2, -0.15) is 0 Å². The van der Waals surface area contributed by atoms with E-state index in [2.05, 4.69) is 0 Å². The summed E-state index contributed by atoms with van der Waals surface area (Å²) in [7, 11) is -1.62. The lowest BCUT2D eigenvalue weighted by Crippen LogP contribution is -2.40. The van der Waals surface area contributed by atoms with Crippen molar-refractivity contribution in [3.63, 3.8) is 0 Å². The van der Waals surface area contributed by atoms with Gasteiger partial charge in [-0.05, 0) is 43.2 Å². The minimum absolute atomic E-state index is 0.0599. The Kier molecular flexibility index (Phi) is 7.16. The molecule has 2 aromatic rings. The molecule has 0 radical (unpaired) electrons. The number of sulfone groups is 1. The highest BCUT2D eigenvalue weighted by Gasteiger charge is 2.35. The van der Waals surface area contributed by atoms with E-state index in [1.807, 2.05) is 31.2 Å². The number of ether oxygens (including phenoxy) is 2. The van der Waals surface area contributed by atoms with Crippen LogP contribution in [0.5, 0.6) is 11.5 Å². The number of amides is 1. The second-order valence-corrected chi connectivity index (χ2v) is 10.1. The minimum Gasteiger partial charge on any atom is -0.497 e. The summed E-state index contributed by atoms with van der Waals surface area (Å²) in [5, 5.41) is 0.459. The first-order valence-corrected chi connectivity index (χ1v) is 12.1. The molecule has 0 spiro atoms. The molecule has 2 aromatic carbocycles. The van der Waals surface area contributed by atoms with E-state index < -0.39 is 15.9 Å². The number of carbonyl (C=O) groups is 1. The number of rotatable bonds is 7. The molecule has 0 N–H and O–H groups in total. The summed E-state index contributed by atoms with van der Waals surface area (Å²) in [6, 6.07) is 9.89. The van der Waals surface area contributed by atoms with Crippen LogP contribution in [0.25, 0.3) is 0 Å². The number of nitrogens with zero attached hydrogens (tertiary/aromatic N) is 1. The predicted octanol–water partition coefficient (Wildman–Crippen LogP) is 4.23. The predicted molar refractivity (Wildman–Crippen MR) is 118 cm³/mol. The van der Waals surface area contributed by atoms with Gasteiger partial charge < -0.3 is 14.4 Å². The third-order valence-electron chi connectivity index (χ3n) is 4.93. The zero-order valence-corrected chi connectivity index (χ0v) is 19.1. The van der Waals surface area contributed by atoms with Crippen molar-refractivity contribution in [3.05, 3.63) is 57.6 Å².